The Morgan fingerprint density at radius 3 is 1.72 bits per heavy atom. The van der Waals surface area contributed by atoms with Crippen LogP contribution in [0.4, 0.5) is 0 Å². The van der Waals surface area contributed by atoms with Crippen LogP contribution in [0.25, 0.3) is 0 Å². The average Bonchev–Trinajstić information content (AvgIpc) is 2.03. The molecule has 0 saturated heterocycles. The Morgan fingerprint density at radius 1 is 1.11 bits per heavy atom. The molecule has 96 valence electrons. The summed E-state index contributed by atoms with van der Waals surface area (Å²) in [6, 6.07) is 6.58. The molecule has 0 aliphatic heterocycles. The van der Waals surface area contributed by atoms with E-state index in [0.717, 1.165) is 4.47 Å². The van der Waals surface area contributed by atoms with Crippen LogP contribution in [0.2, 0.25) is 0 Å². The topological polar surface area (TPSA) is 161 Å². The summed E-state index contributed by atoms with van der Waals surface area (Å²) in [6.45, 7) is 0. The number of halogens is 1. The zero-order valence-electron chi connectivity index (χ0n) is 7.96. The molecule has 18 heavy (non-hydrogen) atoms. The Morgan fingerprint density at radius 2 is 1.50 bits per heavy atom. The molecule has 7 nitrogen and oxygen atoms in total. The van der Waals surface area contributed by atoms with E-state index in [9.17, 15) is 4.79 Å². The van der Waals surface area contributed by atoms with Crippen molar-refractivity contribution in [3.8, 4) is 0 Å². The van der Waals surface area contributed by atoms with Gasteiger partial charge in [0.15, 0.2) is 0 Å². The van der Waals surface area contributed by atoms with Crippen molar-refractivity contribution in [1.82, 2.24) is 0 Å². The molecule has 0 spiro atoms. The first-order valence-electron chi connectivity index (χ1n) is 3.46. The van der Waals surface area contributed by atoms with Gasteiger partial charge in [0.1, 0.15) is 0 Å². The number of carbonyl (C=O) groups is 1. The summed E-state index contributed by atoms with van der Waals surface area (Å²) in [6.07, 6.45) is 0. The monoisotopic (exact) mass is 346 g/mol. The van der Waals surface area contributed by atoms with Crippen LogP contribution in [0, 0.1) is 0 Å². The molecule has 1 aromatic carbocycles. The van der Waals surface area contributed by atoms with E-state index in [2.05, 4.69) is 15.9 Å². The van der Waals surface area contributed by atoms with Crippen LogP contribution < -0.4 is 0 Å². The molecule has 0 atom stereocenters. The van der Waals surface area contributed by atoms with E-state index in [-0.39, 0.29) is 70.1 Å². The van der Waals surface area contributed by atoms with Gasteiger partial charge >= 0.3 is 72.4 Å². The van der Waals surface area contributed by atoms with Gasteiger partial charge in [0.05, 0.1) is 5.56 Å². The fourth-order valence-corrected chi connectivity index (χ4v) is 1.02. The van der Waals surface area contributed by atoms with Crippen molar-refractivity contribution >= 4 is 88.3 Å². The zero-order valence-corrected chi connectivity index (χ0v) is 9.55. The molecule has 0 heterocycles. The summed E-state index contributed by atoms with van der Waals surface area (Å²) in [4.78, 5) is 10.3. The number of carboxylic acids is 1. The number of hydrogen-bond acceptors (Lipinski definition) is 4. The predicted octanol–water partition coefficient (Wildman–Crippen LogP) is -2.85. The summed E-state index contributed by atoms with van der Waals surface area (Å²) in [5.74, 6) is -0.902. The van der Waals surface area contributed by atoms with E-state index >= 15 is 0 Å². The maximum absolute atomic E-state index is 10.3. The average molecular weight is 347 g/mol. The van der Waals surface area contributed by atoms with Crippen molar-refractivity contribution in [3.05, 3.63) is 34.3 Å². The zero-order chi connectivity index (χ0) is 11.1. The van der Waals surface area contributed by atoms with Crippen molar-refractivity contribution in [3.63, 3.8) is 0 Å². The number of hydrogen-bond donors (Lipinski definition) is 4. The van der Waals surface area contributed by atoms with Crippen molar-refractivity contribution in [2.24, 2.45) is 0 Å². The van der Waals surface area contributed by atoms with Gasteiger partial charge in [-0.3, -0.25) is 0 Å². The Balaban J connectivity index is -0.0000000635. The number of carboxylic acid groups (broad SMARTS) is 1. The molecule has 0 aliphatic carbocycles. The van der Waals surface area contributed by atoms with Crippen LogP contribution >= 0.6 is 15.9 Å². The van der Waals surface area contributed by atoms with Gasteiger partial charge < -0.3 is 31.1 Å². The number of benzene rings is 1. The van der Waals surface area contributed by atoms with Crippen LogP contribution in [0.15, 0.2) is 28.7 Å². The molecular weight excluding hydrogens is 333 g/mol. The third-order valence-corrected chi connectivity index (χ3v) is 1.56. The summed E-state index contributed by atoms with van der Waals surface area (Å²) in [5, 5.41) is 30.0. The molecule has 11 heteroatoms. The molecule has 8 N–H and O–H groups in total. The van der Waals surface area contributed by atoms with Gasteiger partial charge in [-0.2, -0.15) is 0 Å². The van der Waals surface area contributed by atoms with Gasteiger partial charge in [0.25, 0.3) is 0 Å². The molecular formula is C7H14BBrNa2O7. The standard InChI is InChI=1S/C7H5BrO2.BH3O3.2Na.2H2O.2H/c8-6-3-1-2-5(4-6)7(9)10;2-1(3)4;;;;;;/h1-4H,(H,9,10);2-4H;;;2*1H2;;. The molecule has 0 saturated carbocycles. The number of aromatic carboxylic acids is 1. The fraction of sp³-hybridized carbons (Fsp3) is 0. The Kier molecular flexibility index (Phi) is 31.5. The number of rotatable bonds is 1. The molecule has 1 aromatic rings. The summed E-state index contributed by atoms with van der Waals surface area (Å²) >= 11 is 3.17. The van der Waals surface area contributed by atoms with E-state index in [1.165, 1.54) is 0 Å². The maximum atomic E-state index is 10.3. The summed E-state index contributed by atoms with van der Waals surface area (Å²) in [5.41, 5.74) is 0.300. The Bertz CT molecular complexity index is 313. The molecule has 0 bridgehead atoms. The molecule has 0 radical (unpaired) electrons. The molecule has 0 aromatic heterocycles. The molecule has 0 unspecified atom stereocenters. The van der Waals surface area contributed by atoms with Crippen molar-refractivity contribution in [2.75, 3.05) is 0 Å². The quantitative estimate of drug-likeness (QED) is 0.402. The van der Waals surface area contributed by atoms with Gasteiger partial charge in [0, 0.05) is 4.47 Å². The van der Waals surface area contributed by atoms with Crippen LogP contribution in [0.1, 0.15) is 10.4 Å². The third-order valence-electron chi connectivity index (χ3n) is 1.07. The summed E-state index contributed by atoms with van der Waals surface area (Å²) < 4.78 is 0.785. The molecule has 0 fully saturated rings. The van der Waals surface area contributed by atoms with Crippen LogP contribution in [0.5, 0.6) is 0 Å². The van der Waals surface area contributed by atoms with Crippen molar-refractivity contribution < 1.29 is 35.9 Å². The Labute approximate surface area is 157 Å². The van der Waals surface area contributed by atoms with Gasteiger partial charge in [0.2, 0.25) is 0 Å². The second-order valence-corrected chi connectivity index (χ2v) is 3.08. The second-order valence-electron chi connectivity index (χ2n) is 2.16. The van der Waals surface area contributed by atoms with Crippen LogP contribution in [0.3, 0.4) is 0 Å². The van der Waals surface area contributed by atoms with Gasteiger partial charge in [-0.1, -0.05) is 22.0 Å². The Hall–Kier alpha value is 1.03. The third kappa shape index (κ3) is 19.4. The van der Waals surface area contributed by atoms with Gasteiger partial charge in [-0.15, -0.1) is 0 Å². The SMILES string of the molecule is O.O.O=C(O)c1cccc(Br)c1.OB(O)O.[NaH].[NaH]. The van der Waals surface area contributed by atoms with Crippen molar-refractivity contribution in [2.45, 2.75) is 0 Å². The van der Waals surface area contributed by atoms with Crippen molar-refractivity contribution in [1.29, 1.82) is 0 Å². The molecule has 0 aliphatic rings. The normalized spacial score (nSPS) is 6.67. The first kappa shape index (κ1) is 31.4. The first-order valence-corrected chi connectivity index (χ1v) is 4.26. The summed E-state index contributed by atoms with van der Waals surface area (Å²) in [7, 11) is -2.17. The van der Waals surface area contributed by atoms with Gasteiger partial charge in [-0.25, -0.2) is 4.79 Å². The predicted molar refractivity (Wildman–Crippen MR) is 75.0 cm³/mol. The van der Waals surface area contributed by atoms with E-state index in [4.69, 9.17) is 20.2 Å². The second kappa shape index (κ2) is 18.0. The first-order chi connectivity index (χ1) is 6.43. The minimum atomic E-state index is -2.17. The van der Waals surface area contributed by atoms with Gasteiger partial charge in [-0.05, 0) is 18.2 Å². The molecule has 1 rings (SSSR count). The van der Waals surface area contributed by atoms with E-state index in [1.54, 1.807) is 24.3 Å². The minimum absolute atomic E-state index is 0. The van der Waals surface area contributed by atoms with Crippen LogP contribution in [-0.4, -0.2) is 104 Å². The fourth-order valence-electron chi connectivity index (χ4n) is 0.622. The van der Waals surface area contributed by atoms with E-state index in [1.807, 2.05) is 0 Å². The van der Waals surface area contributed by atoms with Crippen LogP contribution in [-0.2, 0) is 0 Å². The van der Waals surface area contributed by atoms with E-state index < -0.39 is 13.3 Å². The molecule has 0 amide bonds. The van der Waals surface area contributed by atoms with E-state index in [0.29, 0.717) is 5.56 Å².